The van der Waals surface area contributed by atoms with E-state index in [0.717, 1.165) is 12.1 Å². The average Bonchev–Trinajstić information content (AvgIpc) is 3.17. The summed E-state index contributed by atoms with van der Waals surface area (Å²) >= 11 is 1.54. The standard InChI is InChI=1S/C19H22F3N3O3S/c1-18-5-4-16(26)25(18)15(11-29-18)17(27)23-13-10-12(19(20,21)22)2-3-14(13)24-6-8-28-9-7-24/h2-3,10,15H,4-9,11H2,1H3,(H,23,27)/t15-,18-/m0/s1. The number of nitrogens with zero attached hydrogens (tertiary/aromatic N) is 2. The summed E-state index contributed by atoms with van der Waals surface area (Å²) in [5, 5.41) is 2.68. The van der Waals surface area contributed by atoms with Gasteiger partial charge in [0, 0.05) is 25.3 Å². The van der Waals surface area contributed by atoms with Crippen molar-refractivity contribution in [3.63, 3.8) is 0 Å². The Hall–Kier alpha value is -1.94. The maximum atomic E-state index is 13.3. The van der Waals surface area contributed by atoms with Crippen LogP contribution in [0.5, 0.6) is 0 Å². The molecule has 0 radical (unpaired) electrons. The number of morpholine rings is 1. The zero-order valence-corrected chi connectivity index (χ0v) is 16.7. The number of nitrogens with one attached hydrogen (secondary N) is 1. The smallest absolute Gasteiger partial charge is 0.378 e. The first-order valence-electron chi connectivity index (χ1n) is 9.50. The van der Waals surface area contributed by atoms with Gasteiger partial charge in [0.25, 0.3) is 0 Å². The van der Waals surface area contributed by atoms with Gasteiger partial charge < -0.3 is 19.9 Å². The van der Waals surface area contributed by atoms with Gasteiger partial charge in [-0.2, -0.15) is 13.2 Å². The molecule has 1 aromatic rings. The van der Waals surface area contributed by atoms with E-state index < -0.39 is 28.6 Å². The summed E-state index contributed by atoms with van der Waals surface area (Å²) in [7, 11) is 0. The minimum atomic E-state index is -4.52. The zero-order chi connectivity index (χ0) is 20.8. The van der Waals surface area contributed by atoms with Crippen molar-refractivity contribution in [1.82, 2.24) is 4.90 Å². The molecule has 6 nitrogen and oxygen atoms in total. The molecule has 0 unspecified atom stereocenters. The highest BCUT2D eigenvalue weighted by Gasteiger charge is 2.53. The van der Waals surface area contributed by atoms with E-state index in [1.54, 1.807) is 16.7 Å². The topological polar surface area (TPSA) is 61.9 Å². The van der Waals surface area contributed by atoms with E-state index >= 15 is 0 Å². The van der Waals surface area contributed by atoms with Crippen molar-refractivity contribution in [2.45, 2.75) is 36.9 Å². The predicted octanol–water partition coefficient (Wildman–Crippen LogP) is 2.93. The van der Waals surface area contributed by atoms with Crippen LogP contribution in [0, 0.1) is 0 Å². The molecule has 3 aliphatic heterocycles. The number of thioether (sulfide) groups is 1. The molecule has 158 valence electrons. The number of benzene rings is 1. The van der Waals surface area contributed by atoms with E-state index in [1.807, 2.05) is 11.8 Å². The fourth-order valence-electron chi connectivity index (χ4n) is 4.12. The van der Waals surface area contributed by atoms with Crippen molar-refractivity contribution < 1.29 is 27.5 Å². The molecule has 1 N–H and O–H groups in total. The van der Waals surface area contributed by atoms with Gasteiger partial charge in [0.1, 0.15) is 6.04 Å². The van der Waals surface area contributed by atoms with Crippen LogP contribution in [-0.4, -0.2) is 59.7 Å². The number of ether oxygens (including phenoxy) is 1. The van der Waals surface area contributed by atoms with Crippen molar-refractivity contribution in [3.05, 3.63) is 23.8 Å². The monoisotopic (exact) mass is 429 g/mol. The lowest BCUT2D eigenvalue weighted by Gasteiger charge is -2.32. The van der Waals surface area contributed by atoms with Crippen LogP contribution < -0.4 is 10.2 Å². The highest BCUT2D eigenvalue weighted by molar-refractivity contribution is 8.01. The van der Waals surface area contributed by atoms with Crippen LogP contribution in [0.2, 0.25) is 0 Å². The zero-order valence-electron chi connectivity index (χ0n) is 15.9. The summed E-state index contributed by atoms with van der Waals surface area (Å²) in [6.45, 7) is 3.91. The minimum Gasteiger partial charge on any atom is -0.378 e. The molecule has 10 heteroatoms. The molecular formula is C19H22F3N3O3S. The molecule has 2 amide bonds. The largest absolute Gasteiger partial charge is 0.416 e. The molecule has 1 aromatic carbocycles. The predicted molar refractivity (Wildman–Crippen MR) is 104 cm³/mol. The Kier molecular flexibility index (Phi) is 5.18. The second kappa shape index (κ2) is 7.39. The third-order valence-electron chi connectivity index (χ3n) is 5.68. The number of alkyl halides is 3. The third kappa shape index (κ3) is 3.79. The van der Waals surface area contributed by atoms with Crippen molar-refractivity contribution in [3.8, 4) is 0 Å². The Balaban J connectivity index is 1.62. The number of hydrogen-bond donors (Lipinski definition) is 1. The molecule has 4 rings (SSSR count). The summed E-state index contributed by atoms with van der Waals surface area (Å²) in [4.78, 5) is 28.4. The van der Waals surface area contributed by atoms with E-state index in [4.69, 9.17) is 4.74 Å². The molecular weight excluding hydrogens is 407 g/mol. The van der Waals surface area contributed by atoms with E-state index in [-0.39, 0.29) is 11.6 Å². The van der Waals surface area contributed by atoms with Gasteiger partial charge in [-0.25, -0.2) is 0 Å². The summed E-state index contributed by atoms with van der Waals surface area (Å²) in [6, 6.07) is 2.69. The number of amides is 2. The lowest BCUT2D eigenvalue weighted by molar-refractivity contribution is -0.137. The molecule has 2 atom stereocenters. The van der Waals surface area contributed by atoms with Crippen molar-refractivity contribution >= 4 is 35.0 Å². The first-order valence-corrected chi connectivity index (χ1v) is 10.5. The van der Waals surface area contributed by atoms with E-state index in [0.29, 0.717) is 50.6 Å². The number of anilines is 2. The van der Waals surface area contributed by atoms with E-state index in [1.165, 1.54) is 6.07 Å². The number of fused-ring (bicyclic) bond motifs is 1. The van der Waals surface area contributed by atoms with Crippen molar-refractivity contribution in [2.24, 2.45) is 0 Å². The number of halogens is 3. The maximum absolute atomic E-state index is 13.3. The van der Waals surface area contributed by atoms with Crippen LogP contribution in [-0.2, 0) is 20.5 Å². The fraction of sp³-hybridized carbons (Fsp3) is 0.579. The van der Waals surface area contributed by atoms with Gasteiger partial charge in [-0.1, -0.05) is 0 Å². The SMILES string of the molecule is C[C@]12CCC(=O)N1[C@H](C(=O)Nc1cc(C(F)(F)F)ccc1N1CCOCC1)CS2. The van der Waals surface area contributed by atoms with Gasteiger partial charge >= 0.3 is 6.18 Å². The summed E-state index contributed by atoms with van der Waals surface area (Å²) in [5.41, 5.74) is -0.194. The van der Waals surface area contributed by atoms with E-state index in [2.05, 4.69) is 5.32 Å². The van der Waals surface area contributed by atoms with Crippen LogP contribution in [0.25, 0.3) is 0 Å². The number of hydrogen-bond acceptors (Lipinski definition) is 5. The Bertz CT molecular complexity index is 829. The molecule has 0 saturated carbocycles. The van der Waals surface area contributed by atoms with Crippen molar-refractivity contribution in [2.75, 3.05) is 42.3 Å². The maximum Gasteiger partial charge on any atom is 0.416 e. The van der Waals surface area contributed by atoms with Gasteiger partial charge in [-0.15, -0.1) is 11.8 Å². The third-order valence-corrected chi connectivity index (χ3v) is 7.19. The van der Waals surface area contributed by atoms with Crippen LogP contribution in [0.1, 0.15) is 25.3 Å². The summed E-state index contributed by atoms with van der Waals surface area (Å²) in [6.07, 6.45) is -3.46. The Labute approximate surface area is 170 Å². The number of carbonyl (C=O) groups excluding carboxylic acids is 2. The van der Waals surface area contributed by atoms with Crippen LogP contribution >= 0.6 is 11.8 Å². The summed E-state index contributed by atoms with van der Waals surface area (Å²) in [5.74, 6) is -0.111. The average molecular weight is 429 g/mol. The molecule has 3 heterocycles. The lowest BCUT2D eigenvalue weighted by Crippen LogP contribution is -2.48. The van der Waals surface area contributed by atoms with Crippen LogP contribution in [0.3, 0.4) is 0 Å². The molecule has 29 heavy (non-hydrogen) atoms. The van der Waals surface area contributed by atoms with Gasteiger partial charge in [0.15, 0.2) is 0 Å². The number of carbonyl (C=O) groups is 2. The Morgan fingerprint density at radius 2 is 2.03 bits per heavy atom. The Morgan fingerprint density at radius 1 is 1.31 bits per heavy atom. The molecule has 0 aliphatic carbocycles. The fourth-order valence-corrected chi connectivity index (χ4v) is 5.56. The van der Waals surface area contributed by atoms with Crippen LogP contribution in [0.4, 0.5) is 24.5 Å². The van der Waals surface area contributed by atoms with E-state index in [9.17, 15) is 22.8 Å². The highest BCUT2D eigenvalue weighted by atomic mass is 32.2. The molecule has 0 bridgehead atoms. The van der Waals surface area contributed by atoms with Gasteiger partial charge in [-0.3, -0.25) is 9.59 Å². The first kappa shape index (κ1) is 20.3. The van der Waals surface area contributed by atoms with Crippen LogP contribution in [0.15, 0.2) is 18.2 Å². The first-order chi connectivity index (χ1) is 13.7. The second-order valence-corrected chi connectivity index (χ2v) is 9.09. The minimum absolute atomic E-state index is 0.0879. The molecule has 3 fully saturated rings. The summed E-state index contributed by atoms with van der Waals surface area (Å²) < 4.78 is 45.1. The molecule has 0 spiro atoms. The normalized spacial score (nSPS) is 27.3. The second-order valence-electron chi connectivity index (χ2n) is 7.58. The lowest BCUT2D eigenvalue weighted by atomic mass is 10.1. The Morgan fingerprint density at radius 3 is 2.72 bits per heavy atom. The van der Waals surface area contributed by atoms with Gasteiger partial charge in [-0.05, 0) is 31.5 Å². The van der Waals surface area contributed by atoms with Gasteiger partial charge in [0.2, 0.25) is 11.8 Å². The molecule has 3 aliphatic rings. The number of rotatable bonds is 3. The quantitative estimate of drug-likeness (QED) is 0.801. The highest BCUT2D eigenvalue weighted by Crippen LogP contribution is 2.47. The molecule has 0 aromatic heterocycles. The molecule has 3 saturated heterocycles. The van der Waals surface area contributed by atoms with Crippen molar-refractivity contribution in [1.29, 1.82) is 0 Å². The van der Waals surface area contributed by atoms with Gasteiger partial charge in [0.05, 0.1) is 35.0 Å².